The topological polar surface area (TPSA) is 41.5 Å². The van der Waals surface area contributed by atoms with E-state index < -0.39 is 5.60 Å². The molecule has 2 N–H and O–H groups in total. The molecule has 1 aromatic carbocycles. The summed E-state index contributed by atoms with van der Waals surface area (Å²) in [6, 6.07) is 8.20. The second-order valence-corrected chi connectivity index (χ2v) is 5.88. The van der Waals surface area contributed by atoms with Gasteiger partial charge >= 0.3 is 0 Å². The number of ether oxygens (including phenoxy) is 1. The summed E-state index contributed by atoms with van der Waals surface area (Å²) in [7, 11) is 0. The van der Waals surface area contributed by atoms with Crippen LogP contribution in [0.5, 0.6) is 5.75 Å². The summed E-state index contributed by atoms with van der Waals surface area (Å²) in [5, 5.41) is 13.8. The van der Waals surface area contributed by atoms with Gasteiger partial charge in [-0.1, -0.05) is 38.3 Å². The Kier molecular flexibility index (Phi) is 5.86. The predicted molar refractivity (Wildman–Crippen MR) is 82.0 cm³/mol. The molecule has 112 valence electrons. The third-order valence-corrected chi connectivity index (χ3v) is 3.96. The number of hydrogen-bond donors (Lipinski definition) is 2. The van der Waals surface area contributed by atoms with Crippen molar-refractivity contribution in [1.82, 2.24) is 5.32 Å². The molecule has 0 atom stereocenters. The quantitative estimate of drug-likeness (QED) is 0.804. The lowest BCUT2D eigenvalue weighted by atomic mass is 9.85. The Bertz CT molecular complexity index is 382. The van der Waals surface area contributed by atoms with E-state index in [-0.39, 0.29) is 0 Å². The zero-order chi connectivity index (χ0) is 14.3. The van der Waals surface area contributed by atoms with E-state index in [0.29, 0.717) is 6.54 Å². The van der Waals surface area contributed by atoms with Crippen molar-refractivity contribution >= 4 is 0 Å². The Balaban J connectivity index is 1.73. The summed E-state index contributed by atoms with van der Waals surface area (Å²) in [5.74, 6) is 0.932. The Morgan fingerprint density at radius 1 is 1.15 bits per heavy atom. The van der Waals surface area contributed by atoms with Crippen LogP contribution in [0.15, 0.2) is 24.3 Å². The van der Waals surface area contributed by atoms with Crippen LogP contribution in [0.2, 0.25) is 0 Å². The number of benzene rings is 1. The molecule has 0 aliphatic heterocycles. The average molecular weight is 277 g/mol. The van der Waals surface area contributed by atoms with Crippen molar-refractivity contribution in [2.45, 2.75) is 57.6 Å². The maximum absolute atomic E-state index is 10.4. The molecule has 1 aromatic rings. The van der Waals surface area contributed by atoms with Crippen LogP contribution in [-0.2, 0) is 6.54 Å². The molecule has 1 fully saturated rings. The predicted octanol–water partition coefficient (Wildman–Crippen LogP) is 3.26. The number of rotatable bonds is 7. The number of hydrogen-bond acceptors (Lipinski definition) is 3. The molecule has 1 saturated carbocycles. The maximum atomic E-state index is 10.4. The van der Waals surface area contributed by atoms with Gasteiger partial charge in [-0.15, -0.1) is 0 Å². The first kappa shape index (κ1) is 15.3. The second-order valence-electron chi connectivity index (χ2n) is 5.88. The molecule has 0 amide bonds. The van der Waals surface area contributed by atoms with E-state index >= 15 is 0 Å². The van der Waals surface area contributed by atoms with Gasteiger partial charge in [0.25, 0.3) is 0 Å². The van der Waals surface area contributed by atoms with E-state index in [1.54, 1.807) is 0 Å². The minimum absolute atomic E-state index is 0.484. The van der Waals surface area contributed by atoms with E-state index in [1.165, 1.54) is 12.0 Å². The Hall–Kier alpha value is -1.06. The first-order valence-electron chi connectivity index (χ1n) is 7.87. The van der Waals surface area contributed by atoms with Crippen molar-refractivity contribution in [2.75, 3.05) is 13.2 Å². The molecule has 0 saturated heterocycles. The molecule has 2 rings (SSSR count). The minimum atomic E-state index is -0.484. The van der Waals surface area contributed by atoms with Gasteiger partial charge in [0.05, 0.1) is 12.2 Å². The van der Waals surface area contributed by atoms with Crippen LogP contribution in [0, 0.1) is 0 Å². The van der Waals surface area contributed by atoms with E-state index in [4.69, 9.17) is 4.74 Å². The lowest BCUT2D eigenvalue weighted by Crippen LogP contribution is -2.41. The van der Waals surface area contributed by atoms with Gasteiger partial charge in [-0.3, -0.25) is 0 Å². The van der Waals surface area contributed by atoms with Crippen LogP contribution in [0.25, 0.3) is 0 Å². The van der Waals surface area contributed by atoms with Gasteiger partial charge in [-0.05, 0) is 37.0 Å². The Labute approximate surface area is 122 Å². The highest BCUT2D eigenvalue weighted by atomic mass is 16.5. The molecule has 0 heterocycles. The summed E-state index contributed by atoms with van der Waals surface area (Å²) in [6.45, 7) is 4.37. The van der Waals surface area contributed by atoms with Crippen molar-refractivity contribution in [2.24, 2.45) is 0 Å². The number of aliphatic hydroxyl groups is 1. The van der Waals surface area contributed by atoms with E-state index in [2.05, 4.69) is 24.4 Å². The van der Waals surface area contributed by atoms with Gasteiger partial charge in [0.15, 0.2) is 0 Å². The summed E-state index contributed by atoms with van der Waals surface area (Å²) >= 11 is 0. The van der Waals surface area contributed by atoms with Crippen LogP contribution in [0.4, 0.5) is 0 Å². The lowest BCUT2D eigenvalue weighted by molar-refractivity contribution is 0.00467. The zero-order valence-corrected chi connectivity index (χ0v) is 12.5. The molecule has 0 bridgehead atoms. The standard InChI is InChI=1S/C17H27NO2/c1-2-12-20-16-8-6-15(7-9-16)13-18-14-17(19)10-4-3-5-11-17/h6-9,18-19H,2-5,10-14H2,1H3. The normalized spacial score (nSPS) is 17.9. The second kappa shape index (κ2) is 7.65. The van der Waals surface area contributed by atoms with Crippen LogP contribution in [-0.4, -0.2) is 23.9 Å². The highest BCUT2D eigenvalue weighted by Gasteiger charge is 2.28. The fourth-order valence-electron chi connectivity index (χ4n) is 2.75. The molecule has 20 heavy (non-hydrogen) atoms. The van der Waals surface area contributed by atoms with E-state index in [9.17, 15) is 5.11 Å². The molecule has 3 heteroatoms. The molecule has 0 unspecified atom stereocenters. The van der Waals surface area contributed by atoms with Crippen molar-refractivity contribution in [1.29, 1.82) is 0 Å². The molecule has 1 aliphatic carbocycles. The monoisotopic (exact) mass is 277 g/mol. The van der Waals surface area contributed by atoms with Gasteiger partial charge < -0.3 is 15.2 Å². The molecule has 0 aromatic heterocycles. The summed E-state index contributed by atoms with van der Waals surface area (Å²) in [5.41, 5.74) is 0.746. The van der Waals surface area contributed by atoms with Gasteiger partial charge in [-0.2, -0.15) is 0 Å². The molecule has 0 radical (unpaired) electrons. The summed E-state index contributed by atoms with van der Waals surface area (Å²) < 4.78 is 5.57. The largest absolute Gasteiger partial charge is 0.494 e. The smallest absolute Gasteiger partial charge is 0.119 e. The van der Waals surface area contributed by atoms with Crippen LogP contribution in [0.3, 0.4) is 0 Å². The highest BCUT2D eigenvalue weighted by Crippen LogP contribution is 2.27. The highest BCUT2D eigenvalue weighted by molar-refractivity contribution is 5.27. The van der Waals surface area contributed by atoms with Crippen LogP contribution >= 0.6 is 0 Å². The van der Waals surface area contributed by atoms with Crippen LogP contribution in [0.1, 0.15) is 51.0 Å². The Morgan fingerprint density at radius 2 is 1.85 bits per heavy atom. The number of nitrogens with one attached hydrogen (secondary N) is 1. The van der Waals surface area contributed by atoms with Crippen LogP contribution < -0.4 is 10.1 Å². The summed E-state index contributed by atoms with van der Waals surface area (Å²) in [6.07, 6.45) is 6.47. The first-order chi connectivity index (χ1) is 9.72. The van der Waals surface area contributed by atoms with E-state index in [0.717, 1.165) is 51.0 Å². The molecular weight excluding hydrogens is 250 g/mol. The van der Waals surface area contributed by atoms with Gasteiger partial charge in [0.2, 0.25) is 0 Å². The molecule has 0 spiro atoms. The third-order valence-electron chi connectivity index (χ3n) is 3.96. The maximum Gasteiger partial charge on any atom is 0.119 e. The van der Waals surface area contributed by atoms with Crippen molar-refractivity contribution in [3.8, 4) is 5.75 Å². The minimum Gasteiger partial charge on any atom is -0.494 e. The third kappa shape index (κ3) is 4.80. The molecular formula is C17H27NO2. The van der Waals surface area contributed by atoms with Gasteiger partial charge in [0.1, 0.15) is 5.75 Å². The van der Waals surface area contributed by atoms with Gasteiger partial charge in [0, 0.05) is 13.1 Å². The molecule has 3 nitrogen and oxygen atoms in total. The van der Waals surface area contributed by atoms with Gasteiger partial charge in [-0.25, -0.2) is 0 Å². The van der Waals surface area contributed by atoms with Crippen molar-refractivity contribution < 1.29 is 9.84 Å². The van der Waals surface area contributed by atoms with Crippen molar-refractivity contribution in [3.05, 3.63) is 29.8 Å². The molecule has 1 aliphatic rings. The average Bonchev–Trinajstić information content (AvgIpc) is 2.47. The fraction of sp³-hybridized carbons (Fsp3) is 0.647. The lowest BCUT2D eigenvalue weighted by Gasteiger charge is -2.32. The van der Waals surface area contributed by atoms with E-state index in [1.807, 2.05) is 12.1 Å². The Morgan fingerprint density at radius 3 is 2.50 bits per heavy atom. The summed E-state index contributed by atoms with van der Waals surface area (Å²) in [4.78, 5) is 0. The van der Waals surface area contributed by atoms with Crippen molar-refractivity contribution in [3.63, 3.8) is 0 Å². The SMILES string of the molecule is CCCOc1ccc(CNCC2(O)CCCCC2)cc1. The first-order valence-corrected chi connectivity index (χ1v) is 7.87. The zero-order valence-electron chi connectivity index (χ0n) is 12.5. The fourth-order valence-corrected chi connectivity index (χ4v) is 2.75.